The Kier molecular flexibility index (Phi) is 2.94. The fourth-order valence-electron chi connectivity index (χ4n) is 3.15. The van der Waals surface area contributed by atoms with E-state index in [1.807, 2.05) is 13.8 Å². The summed E-state index contributed by atoms with van der Waals surface area (Å²) in [6.07, 6.45) is 5.02. The zero-order valence-corrected chi connectivity index (χ0v) is 9.66. The van der Waals surface area contributed by atoms with E-state index in [-0.39, 0.29) is 29.8 Å². The Labute approximate surface area is 91.4 Å². The number of Topliss-reactive ketones (excluding diaryl/α,β-unsaturated/α-hetero) is 2. The first-order valence-corrected chi connectivity index (χ1v) is 6.13. The van der Waals surface area contributed by atoms with E-state index in [1.54, 1.807) is 0 Å². The van der Waals surface area contributed by atoms with Gasteiger partial charge in [-0.05, 0) is 31.1 Å². The van der Waals surface area contributed by atoms with Crippen molar-refractivity contribution in [1.82, 2.24) is 0 Å². The molecule has 15 heavy (non-hydrogen) atoms. The van der Waals surface area contributed by atoms with Crippen LogP contribution in [-0.2, 0) is 9.59 Å². The Balaban J connectivity index is 1.89. The average molecular weight is 208 g/mol. The topological polar surface area (TPSA) is 34.1 Å². The van der Waals surface area contributed by atoms with E-state index in [0.29, 0.717) is 5.92 Å². The van der Waals surface area contributed by atoms with E-state index in [0.717, 1.165) is 12.3 Å². The molecule has 2 nitrogen and oxygen atoms in total. The number of rotatable bonds is 4. The van der Waals surface area contributed by atoms with Crippen molar-refractivity contribution in [2.24, 2.45) is 23.7 Å². The number of hydrogen-bond donors (Lipinski definition) is 0. The molecular formula is C13H20O2. The van der Waals surface area contributed by atoms with Gasteiger partial charge >= 0.3 is 0 Å². The summed E-state index contributed by atoms with van der Waals surface area (Å²) in [4.78, 5) is 23.4. The lowest BCUT2D eigenvalue weighted by Crippen LogP contribution is -2.24. The summed E-state index contributed by atoms with van der Waals surface area (Å²) in [6, 6.07) is 0. The van der Waals surface area contributed by atoms with Gasteiger partial charge in [-0.1, -0.05) is 20.3 Å². The zero-order valence-electron chi connectivity index (χ0n) is 9.66. The first-order chi connectivity index (χ1) is 7.08. The van der Waals surface area contributed by atoms with Crippen LogP contribution in [0.2, 0.25) is 0 Å². The maximum absolute atomic E-state index is 11.9. The predicted molar refractivity (Wildman–Crippen MR) is 58.4 cm³/mol. The van der Waals surface area contributed by atoms with Crippen molar-refractivity contribution in [3.8, 4) is 0 Å². The maximum atomic E-state index is 11.9. The lowest BCUT2D eigenvalue weighted by Gasteiger charge is -2.20. The van der Waals surface area contributed by atoms with E-state index in [9.17, 15) is 9.59 Å². The number of ketones is 2. The minimum Gasteiger partial charge on any atom is -0.299 e. The molecule has 0 aromatic rings. The van der Waals surface area contributed by atoms with Gasteiger partial charge in [0.15, 0.2) is 0 Å². The molecule has 0 radical (unpaired) electrons. The molecule has 0 heterocycles. The van der Waals surface area contributed by atoms with Gasteiger partial charge in [-0.3, -0.25) is 9.59 Å². The molecule has 0 aromatic carbocycles. The first-order valence-electron chi connectivity index (χ1n) is 6.13. The summed E-state index contributed by atoms with van der Waals surface area (Å²) in [5.41, 5.74) is 0. The smallest absolute Gasteiger partial charge is 0.143 e. The molecule has 2 saturated carbocycles. The summed E-state index contributed by atoms with van der Waals surface area (Å²) in [6.45, 7) is 3.74. The average Bonchev–Trinajstić information content (AvgIpc) is 2.78. The monoisotopic (exact) mass is 208 g/mol. The minimum atomic E-state index is 0.00698. The number of carbonyl (C=O) groups is 2. The van der Waals surface area contributed by atoms with E-state index >= 15 is 0 Å². The molecule has 0 spiro atoms. The van der Waals surface area contributed by atoms with Gasteiger partial charge in [0.1, 0.15) is 11.6 Å². The maximum Gasteiger partial charge on any atom is 0.143 e. The highest BCUT2D eigenvalue weighted by Crippen LogP contribution is 2.48. The van der Waals surface area contributed by atoms with Gasteiger partial charge in [-0.15, -0.1) is 0 Å². The van der Waals surface area contributed by atoms with Gasteiger partial charge in [0.25, 0.3) is 0 Å². The van der Waals surface area contributed by atoms with Crippen molar-refractivity contribution in [1.29, 1.82) is 0 Å². The molecule has 0 amide bonds. The van der Waals surface area contributed by atoms with Crippen LogP contribution in [0.1, 0.15) is 46.0 Å². The Bertz CT molecular complexity index is 280. The molecule has 0 aliphatic heterocycles. The normalized spacial score (nSPS) is 33.7. The highest BCUT2D eigenvalue weighted by Gasteiger charge is 2.42. The number of carbonyl (C=O) groups excluding carboxylic acids is 2. The molecular weight excluding hydrogens is 188 g/mol. The Morgan fingerprint density at radius 3 is 2.40 bits per heavy atom. The summed E-state index contributed by atoms with van der Waals surface area (Å²) < 4.78 is 0. The molecule has 0 saturated heterocycles. The molecule has 3 atom stereocenters. The number of fused-ring (bicyclic) bond motifs is 2. The van der Waals surface area contributed by atoms with Crippen LogP contribution in [0.4, 0.5) is 0 Å². The molecule has 3 unspecified atom stereocenters. The Morgan fingerprint density at radius 1 is 1.20 bits per heavy atom. The molecule has 2 aliphatic rings. The second kappa shape index (κ2) is 4.07. The molecule has 0 aromatic heterocycles. The summed E-state index contributed by atoms with van der Waals surface area (Å²) in [5.74, 6) is 1.98. The van der Waals surface area contributed by atoms with Gasteiger partial charge in [-0.2, -0.15) is 0 Å². The molecule has 2 rings (SSSR count). The summed E-state index contributed by atoms with van der Waals surface area (Å²) in [7, 11) is 0. The van der Waals surface area contributed by atoms with Gasteiger partial charge in [0, 0.05) is 11.8 Å². The Hall–Kier alpha value is -0.660. The highest BCUT2D eigenvalue weighted by molar-refractivity contribution is 6.01. The van der Waals surface area contributed by atoms with Crippen LogP contribution < -0.4 is 0 Å². The van der Waals surface area contributed by atoms with E-state index < -0.39 is 0 Å². The van der Waals surface area contributed by atoms with Crippen molar-refractivity contribution in [3.05, 3.63) is 0 Å². The van der Waals surface area contributed by atoms with E-state index in [1.165, 1.54) is 19.3 Å². The van der Waals surface area contributed by atoms with Gasteiger partial charge < -0.3 is 0 Å². The van der Waals surface area contributed by atoms with Crippen LogP contribution in [0.15, 0.2) is 0 Å². The molecule has 2 heteroatoms. The van der Waals surface area contributed by atoms with Crippen molar-refractivity contribution in [2.75, 3.05) is 0 Å². The van der Waals surface area contributed by atoms with Gasteiger partial charge in [-0.25, -0.2) is 0 Å². The summed E-state index contributed by atoms with van der Waals surface area (Å²) in [5, 5.41) is 0. The van der Waals surface area contributed by atoms with Gasteiger partial charge in [0.05, 0.1) is 6.42 Å². The Morgan fingerprint density at radius 2 is 1.93 bits per heavy atom. The van der Waals surface area contributed by atoms with Crippen LogP contribution in [0.3, 0.4) is 0 Å². The molecule has 2 fully saturated rings. The first kappa shape index (κ1) is 10.8. The second-order valence-corrected chi connectivity index (χ2v) is 5.55. The minimum absolute atomic E-state index is 0.00698. The van der Waals surface area contributed by atoms with Gasteiger partial charge in [0.2, 0.25) is 0 Å². The molecule has 0 N–H and O–H groups in total. The SMILES string of the molecule is CC(C)C(=O)CC(=O)C1CC2CCC1C2. The van der Waals surface area contributed by atoms with Crippen molar-refractivity contribution in [2.45, 2.75) is 46.0 Å². The quantitative estimate of drug-likeness (QED) is 0.665. The lowest BCUT2D eigenvalue weighted by molar-refractivity contribution is -0.131. The highest BCUT2D eigenvalue weighted by atomic mass is 16.1. The number of hydrogen-bond acceptors (Lipinski definition) is 2. The van der Waals surface area contributed by atoms with Crippen molar-refractivity contribution < 1.29 is 9.59 Å². The molecule has 2 aliphatic carbocycles. The van der Waals surface area contributed by atoms with Crippen molar-refractivity contribution >= 4 is 11.6 Å². The third-order valence-electron chi connectivity index (χ3n) is 4.14. The van der Waals surface area contributed by atoms with Crippen LogP contribution in [-0.4, -0.2) is 11.6 Å². The van der Waals surface area contributed by atoms with E-state index in [2.05, 4.69) is 0 Å². The van der Waals surface area contributed by atoms with Crippen molar-refractivity contribution in [3.63, 3.8) is 0 Å². The van der Waals surface area contributed by atoms with Crippen LogP contribution in [0.25, 0.3) is 0 Å². The fourth-order valence-corrected chi connectivity index (χ4v) is 3.15. The fraction of sp³-hybridized carbons (Fsp3) is 0.846. The largest absolute Gasteiger partial charge is 0.299 e. The van der Waals surface area contributed by atoms with Crippen LogP contribution in [0.5, 0.6) is 0 Å². The van der Waals surface area contributed by atoms with Crippen LogP contribution in [0, 0.1) is 23.7 Å². The summed E-state index contributed by atoms with van der Waals surface area (Å²) >= 11 is 0. The second-order valence-electron chi connectivity index (χ2n) is 5.55. The molecule has 2 bridgehead atoms. The third kappa shape index (κ3) is 2.14. The van der Waals surface area contributed by atoms with E-state index in [4.69, 9.17) is 0 Å². The predicted octanol–water partition coefficient (Wildman–Crippen LogP) is 2.61. The lowest BCUT2D eigenvalue weighted by atomic mass is 9.83. The standard InChI is InChI=1S/C13H20O2/c1-8(2)12(14)7-13(15)11-6-9-3-4-10(11)5-9/h8-11H,3-7H2,1-2H3. The molecule has 84 valence electrons. The third-order valence-corrected chi connectivity index (χ3v) is 4.14. The van der Waals surface area contributed by atoms with Crippen LogP contribution >= 0.6 is 0 Å². The zero-order chi connectivity index (χ0) is 11.0.